The summed E-state index contributed by atoms with van der Waals surface area (Å²) in [5.74, 6) is 0.182. The van der Waals surface area contributed by atoms with Gasteiger partial charge < -0.3 is 10.2 Å². The van der Waals surface area contributed by atoms with E-state index in [-0.39, 0.29) is 29.8 Å². The molecule has 4 nitrogen and oxygen atoms in total. The summed E-state index contributed by atoms with van der Waals surface area (Å²) in [5.41, 5.74) is 1.14. The molecule has 0 saturated carbocycles. The van der Waals surface area contributed by atoms with Crippen molar-refractivity contribution in [2.24, 2.45) is 5.41 Å². The van der Waals surface area contributed by atoms with E-state index in [0.29, 0.717) is 6.54 Å². The van der Waals surface area contributed by atoms with Gasteiger partial charge in [-0.1, -0.05) is 13.8 Å². The lowest BCUT2D eigenvalue weighted by Gasteiger charge is -2.40. The van der Waals surface area contributed by atoms with Gasteiger partial charge in [-0.3, -0.25) is 9.78 Å². The van der Waals surface area contributed by atoms with Gasteiger partial charge in [0.2, 0.25) is 5.91 Å². The topological polar surface area (TPSA) is 45.2 Å². The number of hydrogen-bond acceptors (Lipinski definition) is 3. The van der Waals surface area contributed by atoms with E-state index in [0.717, 1.165) is 24.9 Å². The highest BCUT2D eigenvalue weighted by Gasteiger charge is 2.38. The number of hydrogen-bond donors (Lipinski definition) is 1. The molecule has 1 fully saturated rings. The molecular weight excluding hydrogens is 274 g/mol. The number of piperidine rings is 1. The Kier molecular flexibility index (Phi) is 5.96. The maximum absolute atomic E-state index is 12.6. The molecule has 0 radical (unpaired) electrons. The van der Waals surface area contributed by atoms with Gasteiger partial charge in [0, 0.05) is 26.0 Å². The van der Waals surface area contributed by atoms with Crippen LogP contribution in [0.4, 0.5) is 0 Å². The lowest BCUT2D eigenvalue weighted by atomic mass is 9.77. The number of carbonyl (C=O) groups is 1. The van der Waals surface area contributed by atoms with Crippen LogP contribution in [0.25, 0.3) is 0 Å². The fourth-order valence-corrected chi connectivity index (χ4v) is 2.69. The number of amides is 1. The van der Waals surface area contributed by atoms with Crippen molar-refractivity contribution in [1.29, 1.82) is 0 Å². The molecule has 0 spiro atoms. The van der Waals surface area contributed by atoms with Crippen molar-refractivity contribution in [1.82, 2.24) is 15.2 Å². The fraction of sp³-hybridized carbons (Fsp3) is 0.600. The van der Waals surface area contributed by atoms with Crippen molar-refractivity contribution < 1.29 is 4.79 Å². The lowest BCUT2D eigenvalue weighted by molar-refractivity contribution is -0.136. The third-order valence-corrected chi connectivity index (χ3v) is 3.92. The molecule has 20 heavy (non-hydrogen) atoms. The Morgan fingerprint density at radius 3 is 2.70 bits per heavy atom. The summed E-state index contributed by atoms with van der Waals surface area (Å²) in [5, 5.41) is 3.37. The van der Waals surface area contributed by atoms with E-state index in [1.807, 2.05) is 19.2 Å². The van der Waals surface area contributed by atoms with Crippen LogP contribution < -0.4 is 5.32 Å². The highest BCUT2D eigenvalue weighted by atomic mass is 35.5. The molecular formula is C15H24ClN3O. The molecule has 1 N–H and O–H groups in total. The Bertz CT molecular complexity index is 436. The largest absolute Gasteiger partial charge is 0.340 e. The fourth-order valence-electron chi connectivity index (χ4n) is 2.69. The van der Waals surface area contributed by atoms with Crippen molar-refractivity contribution in [3.05, 3.63) is 30.1 Å². The molecule has 1 aliphatic heterocycles. The average Bonchev–Trinajstić information content (AvgIpc) is 2.38. The van der Waals surface area contributed by atoms with Crippen LogP contribution in [0, 0.1) is 5.41 Å². The molecule has 2 rings (SSSR count). The molecule has 1 aromatic rings. The molecule has 1 saturated heterocycles. The van der Waals surface area contributed by atoms with Crippen molar-refractivity contribution >= 4 is 18.3 Å². The van der Waals surface area contributed by atoms with Crippen LogP contribution in [0.2, 0.25) is 0 Å². The van der Waals surface area contributed by atoms with Crippen LogP contribution >= 0.6 is 12.4 Å². The van der Waals surface area contributed by atoms with Gasteiger partial charge in [-0.05, 0) is 42.5 Å². The van der Waals surface area contributed by atoms with Gasteiger partial charge in [0.05, 0.1) is 6.04 Å². The smallest absolute Gasteiger partial charge is 0.240 e. The van der Waals surface area contributed by atoms with Crippen LogP contribution in [0.3, 0.4) is 0 Å². The van der Waals surface area contributed by atoms with Crippen molar-refractivity contribution in [3.63, 3.8) is 0 Å². The third-order valence-electron chi connectivity index (χ3n) is 3.92. The normalized spacial score (nSPS) is 20.9. The first kappa shape index (κ1) is 16.9. The van der Waals surface area contributed by atoms with Gasteiger partial charge in [0.25, 0.3) is 0 Å². The number of pyridine rings is 1. The van der Waals surface area contributed by atoms with Crippen LogP contribution in [0.1, 0.15) is 32.3 Å². The summed E-state index contributed by atoms with van der Waals surface area (Å²) in [6.45, 7) is 5.91. The summed E-state index contributed by atoms with van der Waals surface area (Å²) in [4.78, 5) is 18.4. The molecule has 1 aromatic heterocycles. The van der Waals surface area contributed by atoms with Crippen LogP contribution in [-0.2, 0) is 11.3 Å². The molecule has 112 valence electrons. The molecule has 0 aromatic carbocycles. The maximum Gasteiger partial charge on any atom is 0.240 e. The van der Waals surface area contributed by atoms with E-state index in [1.54, 1.807) is 17.3 Å². The molecule has 0 bridgehead atoms. The van der Waals surface area contributed by atoms with Crippen LogP contribution in [0.15, 0.2) is 24.5 Å². The first-order chi connectivity index (χ1) is 9.00. The Labute approximate surface area is 127 Å². The van der Waals surface area contributed by atoms with E-state index in [4.69, 9.17) is 0 Å². The highest BCUT2D eigenvalue weighted by Crippen LogP contribution is 2.31. The minimum Gasteiger partial charge on any atom is -0.340 e. The predicted molar refractivity (Wildman–Crippen MR) is 82.8 cm³/mol. The number of nitrogens with zero attached hydrogens (tertiary/aromatic N) is 2. The minimum absolute atomic E-state index is 0. The first-order valence-corrected chi connectivity index (χ1v) is 6.88. The highest BCUT2D eigenvalue weighted by molar-refractivity contribution is 5.85. The first-order valence-electron chi connectivity index (χ1n) is 6.88. The minimum atomic E-state index is -0.0758. The van der Waals surface area contributed by atoms with Crippen molar-refractivity contribution in [2.45, 2.75) is 39.3 Å². The third kappa shape index (κ3) is 3.93. The average molecular weight is 298 g/mol. The Morgan fingerprint density at radius 1 is 1.45 bits per heavy atom. The summed E-state index contributed by atoms with van der Waals surface area (Å²) < 4.78 is 0. The van der Waals surface area contributed by atoms with E-state index in [9.17, 15) is 4.79 Å². The van der Waals surface area contributed by atoms with E-state index < -0.39 is 0 Å². The molecule has 5 heteroatoms. The molecule has 1 amide bonds. The van der Waals surface area contributed by atoms with Gasteiger partial charge in [0.1, 0.15) is 0 Å². The Morgan fingerprint density at radius 2 is 2.10 bits per heavy atom. The second-order valence-corrected chi connectivity index (χ2v) is 6.03. The van der Waals surface area contributed by atoms with Gasteiger partial charge in [0.15, 0.2) is 0 Å². The van der Waals surface area contributed by atoms with E-state index in [2.05, 4.69) is 24.1 Å². The zero-order chi connectivity index (χ0) is 13.9. The standard InChI is InChI=1S/C15H23N3O.ClH/c1-15(2)7-4-8-17-13(15)14(19)18(3)11-12-5-9-16-10-6-12;/h5-6,9-10,13,17H,4,7-8,11H2,1-3H3;1H. The van der Waals surface area contributed by atoms with Gasteiger partial charge in [-0.2, -0.15) is 0 Å². The molecule has 1 unspecified atom stereocenters. The van der Waals surface area contributed by atoms with Gasteiger partial charge in [-0.15, -0.1) is 12.4 Å². The monoisotopic (exact) mass is 297 g/mol. The second kappa shape index (κ2) is 7.04. The van der Waals surface area contributed by atoms with Crippen molar-refractivity contribution in [3.8, 4) is 0 Å². The van der Waals surface area contributed by atoms with Gasteiger partial charge >= 0.3 is 0 Å². The quantitative estimate of drug-likeness (QED) is 0.931. The number of aromatic nitrogens is 1. The number of likely N-dealkylation sites (N-methyl/N-ethyl adjacent to an activating group) is 1. The Balaban J connectivity index is 0.00000200. The molecule has 1 atom stereocenters. The number of halogens is 1. The van der Waals surface area contributed by atoms with Crippen LogP contribution in [0.5, 0.6) is 0 Å². The SMILES string of the molecule is CN(Cc1ccncc1)C(=O)C1NCCCC1(C)C.Cl. The zero-order valence-electron chi connectivity index (χ0n) is 12.4. The summed E-state index contributed by atoms with van der Waals surface area (Å²) in [6, 6.07) is 3.82. The molecule has 2 heterocycles. The van der Waals surface area contributed by atoms with E-state index in [1.165, 1.54) is 0 Å². The molecule has 1 aliphatic rings. The second-order valence-electron chi connectivity index (χ2n) is 6.03. The summed E-state index contributed by atoms with van der Waals surface area (Å²) in [7, 11) is 1.87. The number of nitrogens with one attached hydrogen (secondary N) is 1. The van der Waals surface area contributed by atoms with Crippen LogP contribution in [-0.4, -0.2) is 35.4 Å². The zero-order valence-corrected chi connectivity index (χ0v) is 13.2. The van der Waals surface area contributed by atoms with Crippen molar-refractivity contribution in [2.75, 3.05) is 13.6 Å². The van der Waals surface area contributed by atoms with E-state index >= 15 is 0 Å². The summed E-state index contributed by atoms with van der Waals surface area (Å²) in [6.07, 6.45) is 5.76. The Hall–Kier alpha value is -1.13. The number of carbonyl (C=O) groups excluding carboxylic acids is 1. The lowest BCUT2D eigenvalue weighted by Crippen LogP contribution is -2.55. The molecule has 0 aliphatic carbocycles. The number of rotatable bonds is 3. The summed E-state index contributed by atoms with van der Waals surface area (Å²) >= 11 is 0. The maximum atomic E-state index is 12.6. The van der Waals surface area contributed by atoms with Gasteiger partial charge in [-0.25, -0.2) is 0 Å². The predicted octanol–water partition coefficient (Wildman–Crippen LogP) is 2.24.